The number of rotatable bonds is 4. The smallest absolute Gasteiger partial charge is 0.123 e. The Bertz CT molecular complexity index is 961. The Balaban J connectivity index is 1.94. The summed E-state index contributed by atoms with van der Waals surface area (Å²) in [6, 6.07) is 11.9. The largest absolute Gasteiger partial charge is 0.387 e. The van der Waals surface area contributed by atoms with Gasteiger partial charge in [-0.05, 0) is 43.2 Å². The topological polar surface area (TPSA) is 68.9 Å². The lowest BCUT2D eigenvalue weighted by Gasteiger charge is -2.16. The van der Waals surface area contributed by atoms with Crippen molar-refractivity contribution in [3.8, 4) is 6.07 Å². The first-order valence-electron chi connectivity index (χ1n) is 7.97. The molecule has 0 saturated carbocycles. The van der Waals surface area contributed by atoms with Crippen LogP contribution < -0.4 is 5.32 Å². The number of aliphatic hydroxyl groups is 1. The molecule has 1 aromatic heterocycles. The summed E-state index contributed by atoms with van der Waals surface area (Å²) in [5.41, 5.74) is 4.61. The molecule has 0 aliphatic carbocycles. The predicted octanol–water partition coefficient (Wildman–Crippen LogP) is 4.01. The van der Waals surface area contributed by atoms with Gasteiger partial charge in [0.05, 0.1) is 22.9 Å². The fourth-order valence-corrected chi connectivity index (χ4v) is 2.94. The third kappa shape index (κ3) is 3.44. The zero-order valence-electron chi connectivity index (χ0n) is 14.0. The number of hydrogen-bond donors (Lipinski definition) is 2. The molecule has 4 nitrogen and oxygen atoms in total. The minimum absolute atomic E-state index is 0.201. The van der Waals surface area contributed by atoms with Crippen molar-refractivity contribution in [1.29, 1.82) is 5.26 Å². The standard InChI is InChI=1S/C20H18FN3O/c1-12-7-13(2)19-17(8-12)20(15(9-22)10-23-19)24-11-18(25)14-3-5-16(21)6-4-14/h3-8,10,18,25H,11H2,1-2H3,(H,23,24). The SMILES string of the molecule is Cc1cc(C)c2ncc(C#N)c(NCC(O)c3ccc(F)cc3)c2c1. The summed E-state index contributed by atoms with van der Waals surface area (Å²) in [7, 11) is 0. The number of pyridine rings is 1. The van der Waals surface area contributed by atoms with Crippen molar-refractivity contribution in [2.24, 2.45) is 0 Å². The Hall–Kier alpha value is -2.97. The molecule has 0 radical (unpaired) electrons. The molecule has 1 heterocycles. The Morgan fingerprint density at radius 3 is 2.64 bits per heavy atom. The molecule has 3 rings (SSSR count). The fourth-order valence-electron chi connectivity index (χ4n) is 2.94. The zero-order chi connectivity index (χ0) is 18.0. The maximum Gasteiger partial charge on any atom is 0.123 e. The average Bonchev–Trinajstić information content (AvgIpc) is 2.59. The first-order valence-corrected chi connectivity index (χ1v) is 7.97. The lowest BCUT2D eigenvalue weighted by molar-refractivity contribution is 0.191. The number of aryl methyl sites for hydroxylation is 2. The number of hydrogen-bond acceptors (Lipinski definition) is 4. The van der Waals surface area contributed by atoms with Gasteiger partial charge in [0.1, 0.15) is 11.9 Å². The normalized spacial score (nSPS) is 12.0. The second-order valence-corrected chi connectivity index (χ2v) is 6.08. The Morgan fingerprint density at radius 1 is 1.24 bits per heavy atom. The van der Waals surface area contributed by atoms with Gasteiger partial charge in [0.25, 0.3) is 0 Å². The van der Waals surface area contributed by atoms with E-state index in [-0.39, 0.29) is 12.4 Å². The van der Waals surface area contributed by atoms with E-state index in [0.29, 0.717) is 16.8 Å². The van der Waals surface area contributed by atoms with Crippen LogP contribution in [0.3, 0.4) is 0 Å². The zero-order valence-corrected chi connectivity index (χ0v) is 14.0. The molecule has 2 N–H and O–H groups in total. The Kier molecular flexibility index (Phi) is 4.64. The van der Waals surface area contributed by atoms with Crippen molar-refractivity contribution in [2.45, 2.75) is 20.0 Å². The van der Waals surface area contributed by atoms with E-state index >= 15 is 0 Å². The third-order valence-corrected chi connectivity index (χ3v) is 4.15. The molecule has 126 valence electrons. The number of benzene rings is 2. The third-order valence-electron chi connectivity index (χ3n) is 4.15. The molecule has 25 heavy (non-hydrogen) atoms. The van der Waals surface area contributed by atoms with Crippen LogP contribution in [0.2, 0.25) is 0 Å². The summed E-state index contributed by atoms with van der Waals surface area (Å²) in [5, 5.41) is 23.7. The molecule has 1 unspecified atom stereocenters. The molecule has 0 spiro atoms. The molecule has 1 atom stereocenters. The maximum absolute atomic E-state index is 13.0. The Labute approximate surface area is 145 Å². The summed E-state index contributed by atoms with van der Waals surface area (Å²) in [6.45, 7) is 4.17. The minimum Gasteiger partial charge on any atom is -0.387 e. The average molecular weight is 335 g/mol. The van der Waals surface area contributed by atoms with Crippen LogP contribution in [0.5, 0.6) is 0 Å². The van der Waals surface area contributed by atoms with Crippen molar-refractivity contribution in [2.75, 3.05) is 11.9 Å². The van der Waals surface area contributed by atoms with Gasteiger partial charge in [-0.2, -0.15) is 5.26 Å². The second kappa shape index (κ2) is 6.88. The van der Waals surface area contributed by atoms with E-state index in [1.165, 1.54) is 18.3 Å². The number of nitrogens with one attached hydrogen (secondary N) is 1. The van der Waals surface area contributed by atoms with E-state index in [1.807, 2.05) is 26.0 Å². The van der Waals surface area contributed by atoms with Crippen LogP contribution in [0.15, 0.2) is 42.6 Å². The van der Waals surface area contributed by atoms with E-state index in [9.17, 15) is 14.8 Å². The van der Waals surface area contributed by atoms with E-state index < -0.39 is 6.10 Å². The van der Waals surface area contributed by atoms with E-state index in [0.717, 1.165) is 22.0 Å². The first-order chi connectivity index (χ1) is 12.0. The minimum atomic E-state index is -0.818. The van der Waals surface area contributed by atoms with Gasteiger partial charge in [0, 0.05) is 18.1 Å². The molecule has 0 amide bonds. The van der Waals surface area contributed by atoms with Gasteiger partial charge in [-0.1, -0.05) is 23.8 Å². The summed E-state index contributed by atoms with van der Waals surface area (Å²) in [5.74, 6) is -0.346. The highest BCUT2D eigenvalue weighted by Crippen LogP contribution is 2.29. The van der Waals surface area contributed by atoms with E-state index in [4.69, 9.17) is 0 Å². The molecule has 0 aliphatic heterocycles. The number of anilines is 1. The molecular weight excluding hydrogens is 317 g/mol. The van der Waals surface area contributed by atoms with Gasteiger partial charge >= 0.3 is 0 Å². The number of aliphatic hydroxyl groups excluding tert-OH is 1. The van der Waals surface area contributed by atoms with Crippen molar-refractivity contribution in [1.82, 2.24) is 4.98 Å². The van der Waals surface area contributed by atoms with Crippen molar-refractivity contribution < 1.29 is 9.50 Å². The van der Waals surface area contributed by atoms with Gasteiger partial charge in [-0.3, -0.25) is 4.98 Å². The van der Waals surface area contributed by atoms with Crippen LogP contribution in [0.4, 0.5) is 10.1 Å². The second-order valence-electron chi connectivity index (χ2n) is 6.08. The first kappa shape index (κ1) is 16.9. The molecule has 0 fully saturated rings. The maximum atomic E-state index is 13.0. The van der Waals surface area contributed by atoms with Crippen LogP contribution in [0.1, 0.15) is 28.4 Å². The number of aromatic nitrogens is 1. The number of halogens is 1. The quantitative estimate of drug-likeness (QED) is 0.756. The van der Waals surface area contributed by atoms with Crippen LogP contribution in [-0.4, -0.2) is 16.6 Å². The van der Waals surface area contributed by atoms with Crippen LogP contribution >= 0.6 is 0 Å². The van der Waals surface area contributed by atoms with Crippen molar-refractivity contribution >= 4 is 16.6 Å². The van der Waals surface area contributed by atoms with Crippen LogP contribution in [0.25, 0.3) is 10.9 Å². The molecule has 2 aromatic carbocycles. The van der Waals surface area contributed by atoms with Crippen molar-refractivity contribution in [3.63, 3.8) is 0 Å². The van der Waals surface area contributed by atoms with Crippen LogP contribution in [0, 0.1) is 31.0 Å². The van der Waals surface area contributed by atoms with Gasteiger partial charge in [0.15, 0.2) is 0 Å². The molecule has 0 saturated heterocycles. The van der Waals surface area contributed by atoms with E-state index in [2.05, 4.69) is 16.4 Å². The van der Waals surface area contributed by atoms with Gasteiger partial charge in [0.2, 0.25) is 0 Å². The number of fused-ring (bicyclic) bond motifs is 1. The molecular formula is C20H18FN3O. The molecule has 0 bridgehead atoms. The lowest BCUT2D eigenvalue weighted by Crippen LogP contribution is -2.13. The summed E-state index contributed by atoms with van der Waals surface area (Å²) in [6.07, 6.45) is 0.721. The van der Waals surface area contributed by atoms with Crippen molar-refractivity contribution in [3.05, 3.63) is 70.7 Å². The summed E-state index contributed by atoms with van der Waals surface area (Å²) < 4.78 is 13.0. The number of nitriles is 1. The van der Waals surface area contributed by atoms with Crippen LogP contribution in [-0.2, 0) is 0 Å². The highest BCUT2D eigenvalue weighted by molar-refractivity contribution is 5.96. The fraction of sp³-hybridized carbons (Fsp3) is 0.200. The van der Waals surface area contributed by atoms with E-state index in [1.54, 1.807) is 12.1 Å². The summed E-state index contributed by atoms with van der Waals surface area (Å²) in [4.78, 5) is 4.38. The Morgan fingerprint density at radius 2 is 1.96 bits per heavy atom. The molecule has 3 aromatic rings. The van der Waals surface area contributed by atoms with Gasteiger partial charge in [-0.25, -0.2) is 4.39 Å². The lowest BCUT2D eigenvalue weighted by atomic mass is 10.0. The number of nitrogens with zero attached hydrogens (tertiary/aromatic N) is 2. The highest BCUT2D eigenvalue weighted by atomic mass is 19.1. The van der Waals surface area contributed by atoms with Gasteiger partial charge < -0.3 is 10.4 Å². The highest BCUT2D eigenvalue weighted by Gasteiger charge is 2.13. The monoisotopic (exact) mass is 335 g/mol. The molecule has 0 aliphatic rings. The van der Waals surface area contributed by atoms with Gasteiger partial charge in [-0.15, -0.1) is 0 Å². The molecule has 5 heteroatoms. The predicted molar refractivity (Wildman–Crippen MR) is 95.8 cm³/mol. The summed E-state index contributed by atoms with van der Waals surface area (Å²) >= 11 is 0.